The average molecular weight is 457 g/mol. The van der Waals surface area contributed by atoms with E-state index in [9.17, 15) is 18.0 Å². The van der Waals surface area contributed by atoms with E-state index in [-0.39, 0.29) is 29.0 Å². The molecule has 168 valence electrons. The van der Waals surface area contributed by atoms with Crippen LogP contribution in [0.2, 0.25) is 5.02 Å². The number of nitrogens with one attached hydrogen (secondary N) is 2. The average Bonchev–Trinajstić information content (AvgIpc) is 3.10. The Kier molecular flexibility index (Phi) is 6.05. The van der Waals surface area contributed by atoms with Gasteiger partial charge < -0.3 is 15.4 Å². The van der Waals surface area contributed by atoms with Crippen LogP contribution in [0.4, 0.5) is 19.0 Å². The van der Waals surface area contributed by atoms with E-state index < -0.39 is 24.2 Å². The molecule has 1 saturated carbocycles. The van der Waals surface area contributed by atoms with Gasteiger partial charge in [0, 0.05) is 12.5 Å². The standard InChI is InChI=1S/C21H24ClF3N4O2/c1-31-14-9-7-12(8-10-14)15-11-16(21(23,24)25)29-19(27-15)17(22)18(28-29)20(30)26-13-5-3-2-4-6-13/h7-10,13,15-16,27H,2-6,11H2,1H3,(H,26,30). The number of anilines is 1. The maximum atomic E-state index is 13.9. The number of hydrogen-bond donors (Lipinski definition) is 2. The van der Waals surface area contributed by atoms with E-state index in [4.69, 9.17) is 16.3 Å². The maximum Gasteiger partial charge on any atom is 0.410 e. The molecular weight excluding hydrogens is 433 g/mol. The number of carbonyl (C=O) groups is 1. The highest BCUT2D eigenvalue weighted by atomic mass is 35.5. The Labute approximate surface area is 183 Å². The van der Waals surface area contributed by atoms with E-state index in [1.807, 2.05) is 0 Å². The van der Waals surface area contributed by atoms with Gasteiger partial charge >= 0.3 is 6.18 Å². The number of alkyl halides is 3. The Hall–Kier alpha value is -2.42. The lowest BCUT2D eigenvalue weighted by Crippen LogP contribution is -2.37. The zero-order valence-electron chi connectivity index (χ0n) is 17.0. The van der Waals surface area contributed by atoms with Crippen molar-refractivity contribution in [3.63, 3.8) is 0 Å². The van der Waals surface area contributed by atoms with Crippen LogP contribution in [0.1, 0.15) is 66.7 Å². The van der Waals surface area contributed by atoms with Gasteiger partial charge in [0.2, 0.25) is 0 Å². The summed E-state index contributed by atoms with van der Waals surface area (Å²) in [4.78, 5) is 12.7. The highest BCUT2D eigenvalue weighted by Gasteiger charge is 2.48. The van der Waals surface area contributed by atoms with Gasteiger partial charge in [0.1, 0.15) is 16.6 Å². The first-order valence-corrected chi connectivity index (χ1v) is 10.7. The predicted molar refractivity (Wildman–Crippen MR) is 111 cm³/mol. The lowest BCUT2D eigenvalue weighted by molar-refractivity contribution is -0.173. The van der Waals surface area contributed by atoms with Crippen molar-refractivity contribution in [1.29, 1.82) is 0 Å². The van der Waals surface area contributed by atoms with E-state index in [0.29, 0.717) is 11.3 Å². The van der Waals surface area contributed by atoms with Crippen LogP contribution in [0, 0.1) is 0 Å². The van der Waals surface area contributed by atoms with Crippen LogP contribution in [0.5, 0.6) is 5.75 Å². The molecule has 2 aromatic rings. The van der Waals surface area contributed by atoms with Gasteiger partial charge in [0.15, 0.2) is 11.7 Å². The van der Waals surface area contributed by atoms with Gasteiger partial charge in [0.25, 0.3) is 5.91 Å². The lowest BCUT2D eigenvalue weighted by atomic mass is 9.95. The van der Waals surface area contributed by atoms with E-state index in [0.717, 1.165) is 36.8 Å². The normalized spacial score (nSPS) is 21.8. The van der Waals surface area contributed by atoms with Gasteiger partial charge in [0.05, 0.1) is 13.2 Å². The molecular formula is C21H24ClF3N4O2. The fourth-order valence-corrected chi connectivity index (χ4v) is 4.55. The molecule has 0 saturated heterocycles. The molecule has 0 bridgehead atoms. The van der Waals surface area contributed by atoms with Crippen molar-refractivity contribution < 1.29 is 22.7 Å². The second-order valence-electron chi connectivity index (χ2n) is 8.03. The minimum atomic E-state index is -4.55. The number of carbonyl (C=O) groups excluding carboxylic acids is 1. The van der Waals surface area contributed by atoms with Crippen LogP contribution >= 0.6 is 11.6 Å². The molecule has 4 rings (SSSR count). The summed E-state index contributed by atoms with van der Waals surface area (Å²) in [6, 6.07) is 4.25. The number of halogens is 4. The van der Waals surface area contributed by atoms with E-state index in [1.165, 1.54) is 7.11 Å². The van der Waals surface area contributed by atoms with Gasteiger partial charge in [-0.05, 0) is 30.5 Å². The minimum Gasteiger partial charge on any atom is -0.497 e. The first-order valence-electron chi connectivity index (χ1n) is 10.3. The zero-order chi connectivity index (χ0) is 22.2. The summed E-state index contributed by atoms with van der Waals surface area (Å²) in [5, 5.41) is 9.81. The zero-order valence-corrected chi connectivity index (χ0v) is 17.8. The van der Waals surface area contributed by atoms with Crippen LogP contribution in [0.15, 0.2) is 24.3 Å². The molecule has 2 N–H and O–H groups in total. The molecule has 2 aliphatic rings. The maximum absolute atomic E-state index is 13.9. The van der Waals surface area contributed by atoms with Crippen molar-refractivity contribution in [3.8, 4) is 5.75 Å². The van der Waals surface area contributed by atoms with Crippen LogP contribution in [0.3, 0.4) is 0 Å². The molecule has 10 heteroatoms. The van der Waals surface area contributed by atoms with Crippen LogP contribution in [-0.2, 0) is 0 Å². The monoisotopic (exact) mass is 456 g/mol. The first-order chi connectivity index (χ1) is 14.8. The Bertz CT molecular complexity index is 939. The van der Waals surface area contributed by atoms with Crippen molar-refractivity contribution in [2.24, 2.45) is 0 Å². The van der Waals surface area contributed by atoms with Gasteiger partial charge in [-0.3, -0.25) is 4.79 Å². The molecule has 1 aliphatic carbocycles. The number of ether oxygens (including phenoxy) is 1. The van der Waals surface area contributed by atoms with Crippen LogP contribution < -0.4 is 15.4 Å². The number of aromatic nitrogens is 2. The van der Waals surface area contributed by atoms with Gasteiger partial charge in [-0.25, -0.2) is 4.68 Å². The minimum absolute atomic E-state index is 0.00449. The molecule has 1 amide bonds. The van der Waals surface area contributed by atoms with Crippen molar-refractivity contribution in [1.82, 2.24) is 15.1 Å². The van der Waals surface area contributed by atoms with Crippen molar-refractivity contribution in [3.05, 3.63) is 40.5 Å². The third-order valence-electron chi connectivity index (χ3n) is 5.97. The number of rotatable bonds is 4. The Balaban J connectivity index is 1.64. The van der Waals surface area contributed by atoms with E-state index in [2.05, 4.69) is 15.7 Å². The fourth-order valence-electron chi connectivity index (χ4n) is 4.29. The molecule has 1 fully saturated rings. The SMILES string of the molecule is COc1ccc(C2CC(C(F)(F)F)n3nc(C(=O)NC4CCCCC4)c(Cl)c3N2)cc1. The predicted octanol–water partition coefficient (Wildman–Crippen LogP) is 5.27. The van der Waals surface area contributed by atoms with Crippen molar-refractivity contribution >= 4 is 23.3 Å². The number of amides is 1. The van der Waals surface area contributed by atoms with Gasteiger partial charge in [-0.15, -0.1) is 0 Å². The Morgan fingerprint density at radius 1 is 1.23 bits per heavy atom. The highest BCUT2D eigenvalue weighted by molar-refractivity contribution is 6.36. The molecule has 31 heavy (non-hydrogen) atoms. The highest BCUT2D eigenvalue weighted by Crippen LogP contribution is 2.46. The van der Waals surface area contributed by atoms with Crippen LogP contribution in [0.25, 0.3) is 0 Å². The van der Waals surface area contributed by atoms with Crippen molar-refractivity contribution in [2.45, 2.75) is 62.8 Å². The summed E-state index contributed by atoms with van der Waals surface area (Å²) in [5.74, 6) is 0.0732. The molecule has 0 spiro atoms. The summed E-state index contributed by atoms with van der Waals surface area (Å²) in [5.41, 5.74) is 0.478. The molecule has 1 aromatic heterocycles. The quantitative estimate of drug-likeness (QED) is 0.657. The lowest BCUT2D eigenvalue weighted by Gasteiger charge is -2.33. The van der Waals surface area contributed by atoms with Gasteiger partial charge in [-0.1, -0.05) is 43.0 Å². The van der Waals surface area contributed by atoms with Crippen LogP contribution in [-0.4, -0.2) is 35.0 Å². The molecule has 1 aromatic carbocycles. The summed E-state index contributed by atoms with van der Waals surface area (Å²) in [6.45, 7) is 0. The number of methoxy groups -OCH3 is 1. The van der Waals surface area contributed by atoms with Gasteiger partial charge in [-0.2, -0.15) is 18.3 Å². The molecule has 2 heterocycles. The topological polar surface area (TPSA) is 68.2 Å². The number of nitrogens with zero attached hydrogens (tertiary/aromatic N) is 2. The first kappa shape index (κ1) is 21.8. The summed E-state index contributed by atoms with van der Waals surface area (Å²) in [6.07, 6.45) is 0.0212. The smallest absolute Gasteiger partial charge is 0.410 e. The Morgan fingerprint density at radius 3 is 2.52 bits per heavy atom. The summed E-state index contributed by atoms with van der Waals surface area (Å²) < 4.78 is 47.6. The second kappa shape index (κ2) is 8.61. The molecule has 0 radical (unpaired) electrons. The van der Waals surface area contributed by atoms with E-state index >= 15 is 0 Å². The second-order valence-corrected chi connectivity index (χ2v) is 8.41. The van der Waals surface area contributed by atoms with E-state index in [1.54, 1.807) is 24.3 Å². The number of fused-ring (bicyclic) bond motifs is 1. The third kappa shape index (κ3) is 4.46. The third-order valence-corrected chi connectivity index (χ3v) is 6.33. The molecule has 6 nitrogen and oxygen atoms in total. The summed E-state index contributed by atoms with van der Waals surface area (Å²) >= 11 is 6.38. The largest absolute Gasteiger partial charge is 0.497 e. The number of hydrogen-bond acceptors (Lipinski definition) is 4. The molecule has 2 atom stereocenters. The Morgan fingerprint density at radius 2 is 1.90 bits per heavy atom. The van der Waals surface area contributed by atoms with Crippen molar-refractivity contribution in [2.75, 3.05) is 12.4 Å². The molecule has 2 unspecified atom stereocenters. The fraction of sp³-hybridized carbons (Fsp3) is 0.524. The molecule has 1 aliphatic heterocycles. The summed E-state index contributed by atoms with van der Waals surface area (Å²) in [7, 11) is 1.52. The number of benzene rings is 1.